The number of hydrogen-bond acceptors (Lipinski definition) is 4. The van der Waals surface area contributed by atoms with Crippen LogP contribution in [0, 0.1) is 11.3 Å². The van der Waals surface area contributed by atoms with Gasteiger partial charge in [-0.25, -0.2) is 8.42 Å². The SMILES string of the molecule is CCCCN(c1ccccc1)S(=O)(=O)c1ccc(-c2ccc(C#N)cc2)s1. The highest BCUT2D eigenvalue weighted by Crippen LogP contribution is 2.34. The van der Waals surface area contributed by atoms with Crippen molar-refractivity contribution < 1.29 is 8.42 Å². The number of anilines is 1. The maximum Gasteiger partial charge on any atom is 0.273 e. The van der Waals surface area contributed by atoms with Crippen LogP contribution in [-0.4, -0.2) is 15.0 Å². The Bertz CT molecular complexity index is 1030. The Kier molecular flexibility index (Phi) is 5.94. The molecule has 0 saturated heterocycles. The molecular formula is C21H20N2O2S2. The second-order valence-corrected chi connectivity index (χ2v) is 9.25. The summed E-state index contributed by atoms with van der Waals surface area (Å²) in [6.45, 7) is 2.50. The highest BCUT2D eigenvalue weighted by molar-refractivity contribution is 7.94. The van der Waals surface area contributed by atoms with Crippen LogP contribution in [0.2, 0.25) is 0 Å². The van der Waals surface area contributed by atoms with E-state index >= 15 is 0 Å². The summed E-state index contributed by atoms with van der Waals surface area (Å²) < 4.78 is 28.4. The van der Waals surface area contributed by atoms with Crippen LogP contribution in [0.5, 0.6) is 0 Å². The van der Waals surface area contributed by atoms with E-state index in [2.05, 4.69) is 6.07 Å². The molecule has 2 aromatic carbocycles. The van der Waals surface area contributed by atoms with Crippen LogP contribution < -0.4 is 4.31 Å². The first kappa shape index (κ1) is 19.2. The van der Waals surface area contributed by atoms with E-state index in [0.717, 1.165) is 23.3 Å². The molecule has 27 heavy (non-hydrogen) atoms. The van der Waals surface area contributed by atoms with Crippen molar-refractivity contribution in [3.8, 4) is 16.5 Å². The third kappa shape index (κ3) is 4.21. The highest BCUT2D eigenvalue weighted by Gasteiger charge is 2.26. The summed E-state index contributed by atoms with van der Waals surface area (Å²) >= 11 is 1.25. The molecule has 3 rings (SSSR count). The van der Waals surface area contributed by atoms with E-state index in [9.17, 15) is 8.42 Å². The average molecular weight is 397 g/mol. The standard InChI is InChI=1S/C21H20N2O2S2/c1-2-3-15-23(19-7-5-4-6-8-19)27(24,25)21-14-13-20(26-21)18-11-9-17(16-22)10-12-18/h4-14H,2-3,15H2,1H3. The summed E-state index contributed by atoms with van der Waals surface area (Å²) in [5.74, 6) is 0. The third-order valence-corrected chi connectivity index (χ3v) is 7.61. The molecule has 0 aliphatic rings. The van der Waals surface area contributed by atoms with Crippen molar-refractivity contribution in [3.05, 3.63) is 72.3 Å². The van der Waals surface area contributed by atoms with E-state index in [1.165, 1.54) is 15.6 Å². The van der Waals surface area contributed by atoms with Crippen LogP contribution in [0.1, 0.15) is 25.3 Å². The van der Waals surface area contributed by atoms with Crippen LogP contribution >= 0.6 is 11.3 Å². The number of nitriles is 1. The van der Waals surface area contributed by atoms with Gasteiger partial charge in [0.25, 0.3) is 10.0 Å². The number of benzene rings is 2. The Hall–Kier alpha value is -2.62. The lowest BCUT2D eigenvalue weighted by Crippen LogP contribution is -2.31. The highest BCUT2D eigenvalue weighted by atomic mass is 32.2. The van der Waals surface area contributed by atoms with Crippen LogP contribution in [0.25, 0.3) is 10.4 Å². The molecule has 0 fully saturated rings. The molecule has 0 spiro atoms. The Morgan fingerprint density at radius 1 is 1.00 bits per heavy atom. The molecule has 0 unspecified atom stereocenters. The minimum absolute atomic E-state index is 0.321. The summed E-state index contributed by atoms with van der Waals surface area (Å²) in [5, 5.41) is 8.92. The van der Waals surface area contributed by atoms with Gasteiger partial charge in [-0.1, -0.05) is 43.7 Å². The Morgan fingerprint density at radius 2 is 1.70 bits per heavy atom. The number of para-hydroxylation sites is 1. The monoisotopic (exact) mass is 396 g/mol. The molecule has 0 aliphatic carbocycles. The lowest BCUT2D eigenvalue weighted by atomic mass is 10.1. The molecule has 0 atom stereocenters. The molecule has 4 nitrogen and oxygen atoms in total. The molecule has 6 heteroatoms. The molecule has 3 aromatic rings. The number of unbranched alkanes of at least 4 members (excludes halogenated alkanes) is 1. The van der Waals surface area contributed by atoms with Crippen molar-refractivity contribution in [2.24, 2.45) is 0 Å². The van der Waals surface area contributed by atoms with E-state index in [0.29, 0.717) is 22.0 Å². The van der Waals surface area contributed by atoms with Crippen molar-refractivity contribution in [1.82, 2.24) is 0 Å². The van der Waals surface area contributed by atoms with Crippen molar-refractivity contribution >= 4 is 27.0 Å². The number of sulfonamides is 1. The normalized spacial score (nSPS) is 11.1. The second kappa shape index (κ2) is 8.38. The maximum atomic E-state index is 13.3. The van der Waals surface area contributed by atoms with Gasteiger partial charge in [-0.15, -0.1) is 11.3 Å². The van der Waals surface area contributed by atoms with Gasteiger partial charge >= 0.3 is 0 Å². The van der Waals surface area contributed by atoms with Crippen LogP contribution in [0.15, 0.2) is 70.9 Å². The van der Waals surface area contributed by atoms with E-state index in [-0.39, 0.29) is 0 Å². The topological polar surface area (TPSA) is 61.2 Å². The Labute approximate surface area is 164 Å². The molecule has 0 N–H and O–H groups in total. The molecule has 1 heterocycles. The number of rotatable bonds is 7. The molecule has 0 aliphatic heterocycles. The van der Waals surface area contributed by atoms with Crippen LogP contribution in [0.3, 0.4) is 0 Å². The van der Waals surface area contributed by atoms with Crippen LogP contribution in [0.4, 0.5) is 5.69 Å². The van der Waals surface area contributed by atoms with Crippen molar-refractivity contribution in [1.29, 1.82) is 5.26 Å². The largest absolute Gasteiger partial charge is 0.273 e. The van der Waals surface area contributed by atoms with Gasteiger partial charge in [0.2, 0.25) is 0 Å². The molecule has 0 radical (unpaired) electrons. The molecule has 138 valence electrons. The fourth-order valence-corrected chi connectivity index (χ4v) is 5.64. The van der Waals surface area contributed by atoms with Gasteiger partial charge in [-0.3, -0.25) is 4.31 Å². The smallest absolute Gasteiger partial charge is 0.266 e. The summed E-state index contributed by atoms with van der Waals surface area (Å²) in [4.78, 5) is 0.863. The fraction of sp³-hybridized carbons (Fsp3) is 0.190. The van der Waals surface area contributed by atoms with E-state index in [4.69, 9.17) is 5.26 Å². The lowest BCUT2D eigenvalue weighted by molar-refractivity contribution is 0.590. The summed E-state index contributed by atoms with van der Waals surface area (Å²) in [5.41, 5.74) is 2.16. The number of thiophene rings is 1. The van der Waals surface area contributed by atoms with Crippen LogP contribution in [-0.2, 0) is 10.0 Å². The molecular weight excluding hydrogens is 376 g/mol. The van der Waals surface area contributed by atoms with Gasteiger partial charge in [0.1, 0.15) is 4.21 Å². The Balaban J connectivity index is 1.95. The van der Waals surface area contributed by atoms with Gasteiger partial charge < -0.3 is 0 Å². The Morgan fingerprint density at radius 3 is 2.33 bits per heavy atom. The fourth-order valence-electron chi connectivity index (χ4n) is 2.72. The lowest BCUT2D eigenvalue weighted by Gasteiger charge is -2.23. The van der Waals surface area contributed by atoms with Gasteiger partial charge in [0.15, 0.2) is 0 Å². The quantitative estimate of drug-likeness (QED) is 0.546. The van der Waals surface area contributed by atoms with Gasteiger partial charge in [0, 0.05) is 11.4 Å². The molecule has 0 bridgehead atoms. The molecule has 1 aromatic heterocycles. The first-order valence-corrected chi connectivity index (χ1v) is 11.0. The van der Waals surface area contributed by atoms with E-state index in [1.54, 1.807) is 18.2 Å². The minimum atomic E-state index is -3.63. The van der Waals surface area contributed by atoms with Crippen molar-refractivity contribution in [2.45, 2.75) is 24.0 Å². The summed E-state index contributed by atoms with van der Waals surface area (Å²) in [6.07, 6.45) is 1.71. The zero-order valence-electron chi connectivity index (χ0n) is 15.0. The first-order chi connectivity index (χ1) is 13.1. The average Bonchev–Trinajstić information content (AvgIpc) is 3.20. The predicted octanol–water partition coefficient (Wildman–Crippen LogP) is 5.28. The maximum absolute atomic E-state index is 13.3. The third-order valence-electron chi connectivity index (χ3n) is 4.18. The first-order valence-electron chi connectivity index (χ1n) is 8.74. The zero-order chi connectivity index (χ0) is 19.3. The predicted molar refractivity (Wildman–Crippen MR) is 110 cm³/mol. The van der Waals surface area contributed by atoms with E-state index in [1.807, 2.05) is 55.5 Å². The minimum Gasteiger partial charge on any atom is -0.266 e. The van der Waals surface area contributed by atoms with Crippen molar-refractivity contribution in [2.75, 3.05) is 10.8 Å². The molecule has 0 amide bonds. The van der Waals surface area contributed by atoms with Gasteiger partial charge in [-0.2, -0.15) is 5.26 Å². The van der Waals surface area contributed by atoms with Gasteiger partial charge in [0.05, 0.1) is 17.3 Å². The zero-order valence-corrected chi connectivity index (χ0v) is 16.6. The summed E-state index contributed by atoms with van der Waals surface area (Å²) in [7, 11) is -3.63. The summed E-state index contributed by atoms with van der Waals surface area (Å²) in [6, 6.07) is 21.9. The van der Waals surface area contributed by atoms with Gasteiger partial charge in [-0.05, 0) is 48.4 Å². The van der Waals surface area contributed by atoms with Crippen molar-refractivity contribution in [3.63, 3.8) is 0 Å². The number of nitrogens with zero attached hydrogens (tertiary/aromatic N) is 2. The second-order valence-electron chi connectivity index (χ2n) is 6.07. The molecule has 0 saturated carbocycles. The van der Waals surface area contributed by atoms with E-state index < -0.39 is 10.0 Å². The number of hydrogen-bond donors (Lipinski definition) is 0.